The standard InChI is InChI=1S/C18H20FNO3/c1-23-16-9-5-14(6-10-16)17(21)12-20-18(22)11-4-13-2-7-15(19)8-3-13/h2-3,5-10,17,21H,4,11-12H2,1H3,(H,20,22). The second-order valence-electron chi connectivity index (χ2n) is 5.22. The van der Waals surface area contributed by atoms with Crippen molar-refractivity contribution in [2.75, 3.05) is 13.7 Å². The molecule has 0 heterocycles. The van der Waals surface area contributed by atoms with Crippen molar-refractivity contribution in [3.05, 3.63) is 65.5 Å². The third-order valence-corrected chi connectivity index (χ3v) is 3.55. The Morgan fingerprint density at radius 1 is 1.17 bits per heavy atom. The molecule has 122 valence electrons. The molecule has 2 rings (SSSR count). The van der Waals surface area contributed by atoms with E-state index in [1.54, 1.807) is 43.5 Å². The van der Waals surface area contributed by atoms with E-state index in [2.05, 4.69) is 5.32 Å². The molecule has 1 atom stereocenters. The molecule has 0 aliphatic rings. The predicted octanol–water partition coefficient (Wildman–Crippen LogP) is 2.62. The number of aryl methyl sites for hydroxylation is 1. The normalized spacial score (nSPS) is 11.8. The van der Waals surface area contributed by atoms with Crippen LogP contribution in [0.5, 0.6) is 5.75 Å². The van der Waals surface area contributed by atoms with Gasteiger partial charge in [-0.05, 0) is 41.8 Å². The van der Waals surface area contributed by atoms with Gasteiger partial charge in [-0.2, -0.15) is 0 Å². The third-order valence-electron chi connectivity index (χ3n) is 3.55. The van der Waals surface area contributed by atoms with Crippen molar-refractivity contribution in [2.45, 2.75) is 18.9 Å². The number of amides is 1. The number of methoxy groups -OCH3 is 1. The molecule has 0 radical (unpaired) electrons. The molecule has 23 heavy (non-hydrogen) atoms. The first-order valence-corrected chi connectivity index (χ1v) is 7.41. The Balaban J connectivity index is 1.75. The zero-order valence-corrected chi connectivity index (χ0v) is 13.0. The topological polar surface area (TPSA) is 58.6 Å². The lowest BCUT2D eigenvalue weighted by atomic mass is 10.1. The van der Waals surface area contributed by atoms with Crippen molar-refractivity contribution < 1.29 is 19.0 Å². The van der Waals surface area contributed by atoms with Crippen LogP contribution in [0.3, 0.4) is 0 Å². The Kier molecular flexibility index (Phi) is 6.11. The molecule has 4 nitrogen and oxygen atoms in total. The number of ether oxygens (including phenoxy) is 1. The summed E-state index contributed by atoms with van der Waals surface area (Å²) in [5, 5.41) is 12.7. The second kappa shape index (κ2) is 8.29. The molecular formula is C18H20FNO3. The lowest BCUT2D eigenvalue weighted by molar-refractivity contribution is -0.121. The van der Waals surface area contributed by atoms with Crippen LogP contribution < -0.4 is 10.1 Å². The summed E-state index contributed by atoms with van der Waals surface area (Å²) in [4.78, 5) is 11.8. The molecule has 0 aliphatic heterocycles. The smallest absolute Gasteiger partial charge is 0.220 e. The van der Waals surface area contributed by atoms with Crippen molar-refractivity contribution in [3.63, 3.8) is 0 Å². The lowest BCUT2D eigenvalue weighted by Gasteiger charge is -2.13. The van der Waals surface area contributed by atoms with Gasteiger partial charge in [0.1, 0.15) is 11.6 Å². The van der Waals surface area contributed by atoms with Gasteiger partial charge in [-0.3, -0.25) is 4.79 Å². The number of carbonyl (C=O) groups excluding carboxylic acids is 1. The zero-order valence-electron chi connectivity index (χ0n) is 13.0. The molecule has 0 aliphatic carbocycles. The first-order valence-electron chi connectivity index (χ1n) is 7.41. The molecule has 2 N–H and O–H groups in total. The molecule has 1 amide bonds. The number of rotatable bonds is 7. The summed E-state index contributed by atoms with van der Waals surface area (Å²) < 4.78 is 17.8. The number of carbonyl (C=O) groups is 1. The summed E-state index contributed by atoms with van der Waals surface area (Å²) in [6.45, 7) is 0.147. The van der Waals surface area contributed by atoms with Crippen LogP contribution in [0.4, 0.5) is 4.39 Å². The zero-order chi connectivity index (χ0) is 16.7. The SMILES string of the molecule is COc1ccc(C(O)CNC(=O)CCc2ccc(F)cc2)cc1. The Morgan fingerprint density at radius 2 is 1.83 bits per heavy atom. The molecule has 5 heteroatoms. The number of hydrogen-bond donors (Lipinski definition) is 2. The molecule has 0 spiro atoms. The molecular weight excluding hydrogens is 297 g/mol. The number of benzene rings is 2. The monoisotopic (exact) mass is 317 g/mol. The van der Waals surface area contributed by atoms with Gasteiger partial charge in [-0.15, -0.1) is 0 Å². The summed E-state index contributed by atoms with van der Waals surface area (Å²) in [7, 11) is 1.58. The minimum atomic E-state index is -0.768. The predicted molar refractivity (Wildman–Crippen MR) is 85.7 cm³/mol. The molecule has 1 unspecified atom stereocenters. The average molecular weight is 317 g/mol. The summed E-state index contributed by atoms with van der Waals surface area (Å²) in [6, 6.07) is 13.1. The van der Waals surface area contributed by atoms with Crippen LogP contribution in [0.15, 0.2) is 48.5 Å². The Bertz CT molecular complexity index is 626. The minimum Gasteiger partial charge on any atom is -0.497 e. The van der Waals surface area contributed by atoms with E-state index in [9.17, 15) is 14.3 Å². The lowest BCUT2D eigenvalue weighted by Crippen LogP contribution is -2.28. The quantitative estimate of drug-likeness (QED) is 0.825. The Morgan fingerprint density at radius 3 is 2.43 bits per heavy atom. The van der Waals surface area contributed by atoms with Gasteiger partial charge < -0.3 is 15.2 Å². The van der Waals surface area contributed by atoms with Gasteiger partial charge >= 0.3 is 0 Å². The van der Waals surface area contributed by atoms with Gasteiger partial charge in [0, 0.05) is 13.0 Å². The van der Waals surface area contributed by atoms with Crippen molar-refractivity contribution in [2.24, 2.45) is 0 Å². The van der Waals surface area contributed by atoms with Gasteiger partial charge in [0.25, 0.3) is 0 Å². The van der Waals surface area contributed by atoms with E-state index < -0.39 is 6.10 Å². The van der Waals surface area contributed by atoms with Gasteiger partial charge in [-0.25, -0.2) is 4.39 Å². The van der Waals surface area contributed by atoms with E-state index >= 15 is 0 Å². The molecule has 0 saturated heterocycles. The van der Waals surface area contributed by atoms with Crippen LogP contribution in [0, 0.1) is 5.82 Å². The van der Waals surface area contributed by atoms with Crippen LogP contribution in [0.2, 0.25) is 0 Å². The fraction of sp³-hybridized carbons (Fsp3) is 0.278. The number of hydrogen-bond acceptors (Lipinski definition) is 3. The maximum atomic E-state index is 12.8. The van der Waals surface area contributed by atoms with E-state index in [1.165, 1.54) is 12.1 Å². The average Bonchev–Trinajstić information content (AvgIpc) is 2.59. The molecule has 0 fully saturated rings. The number of halogens is 1. The van der Waals surface area contributed by atoms with E-state index in [4.69, 9.17) is 4.74 Å². The first kappa shape index (κ1) is 17.0. The van der Waals surface area contributed by atoms with Gasteiger partial charge in [0.05, 0.1) is 13.2 Å². The van der Waals surface area contributed by atoms with Crippen LogP contribution in [-0.4, -0.2) is 24.7 Å². The van der Waals surface area contributed by atoms with E-state index in [1.807, 2.05) is 0 Å². The number of aliphatic hydroxyl groups is 1. The largest absolute Gasteiger partial charge is 0.497 e. The van der Waals surface area contributed by atoms with Crippen LogP contribution in [-0.2, 0) is 11.2 Å². The van der Waals surface area contributed by atoms with Crippen molar-refractivity contribution >= 4 is 5.91 Å². The van der Waals surface area contributed by atoms with Crippen LogP contribution >= 0.6 is 0 Å². The fourth-order valence-electron chi connectivity index (χ4n) is 2.15. The van der Waals surface area contributed by atoms with Crippen LogP contribution in [0.25, 0.3) is 0 Å². The Labute approximate surface area is 134 Å². The van der Waals surface area contributed by atoms with Crippen molar-refractivity contribution in [3.8, 4) is 5.75 Å². The maximum absolute atomic E-state index is 12.8. The summed E-state index contributed by atoms with van der Waals surface area (Å²) in [5.74, 6) is 0.270. The first-order chi connectivity index (χ1) is 11.1. The second-order valence-corrected chi connectivity index (χ2v) is 5.22. The van der Waals surface area contributed by atoms with Gasteiger partial charge in [0.2, 0.25) is 5.91 Å². The van der Waals surface area contributed by atoms with Gasteiger partial charge in [-0.1, -0.05) is 24.3 Å². The highest BCUT2D eigenvalue weighted by molar-refractivity contribution is 5.76. The highest BCUT2D eigenvalue weighted by atomic mass is 19.1. The van der Waals surface area contributed by atoms with E-state index in [0.717, 1.165) is 5.56 Å². The summed E-state index contributed by atoms with van der Waals surface area (Å²) >= 11 is 0. The van der Waals surface area contributed by atoms with E-state index in [0.29, 0.717) is 24.2 Å². The summed E-state index contributed by atoms with van der Waals surface area (Å²) in [5.41, 5.74) is 1.61. The molecule has 2 aromatic rings. The third kappa shape index (κ3) is 5.38. The molecule has 0 saturated carbocycles. The summed E-state index contributed by atoms with van der Waals surface area (Å²) in [6.07, 6.45) is 0.0572. The van der Waals surface area contributed by atoms with Gasteiger partial charge in [0.15, 0.2) is 0 Å². The minimum absolute atomic E-state index is 0.147. The van der Waals surface area contributed by atoms with Crippen molar-refractivity contribution in [1.29, 1.82) is 0 Å². The number of nitrogens with one attached hydrogen (secondary N) is 1. The Hall–Kier alpha value is -2.40. The maximum Gasteiger partial charge on any atom is 0.220 e. The number of aliphatic hydroxyl groups excluding tert-OH is 1. The van der Waals surface area contributed by atoms with Crippen molar-refractivity contribution in [1.82, 2.24) is 5.32 Å². The fourth-order valence-corrected chi connectivity index (χ4v) is 2.15. The molecule has 0 aromatic heterocycles. The molecule has 0 bridgehead atoms. The molecule has 2 aromatic carbocycles. The van der Waals surface area contributed by atoms with Crippen LogP contribution in [0.1, 0.15) is 23.7 Å². The highest BCUT2D eigenvalue weighted by Gasteiger charge is 2.10. The van der Waals surface area contributed by atoms with E-state index in [-0.39, 0.29) is 18.3 Å². The highest BCUT2D eigenvalue weighted by Crippen LogP contribution is 2.17.